The number of aliphatic imine (C=N–C) groups is 1. The molecule has 2 amide bonds. The third-order valence-corrected chi connectivity index (χ3v) is 4.07. The quantitative estimate of drug-likeness (QED) is 0.794. The Morgan fingerprint density at radius 2 is 2.04 bits per heavy atom. The Labute approximate surface area is 142 Å². The molecule has 0 aliphatic carbocycles. The van der Waals surface area contributed by atoms with Crippen LogP contribution in [0.2, 0.25) is 0 Å². The molecule has 128 valence electrons. The van der Waals surface area contributed by atoms with Crippen molar-refractivity contribution in [3.63, 3.8) is 0 Å². The van der Waals surface area contributed by atoms with Crippen LogP contribution in [0.3, 0.4) is 0 Å². The zero-order valence-electron chi connectivity index (χ0n) is 14.4. The van der Waals surface area contributed by atoms with Gasteiger partial charge >= 0.3 is 6.09 Å². The van der Waals surface area contributed by atoms with E-state index in [4.69, 9.17) is 4.74 Å². The zero-order valence-corrected chi connectivity index (χ0v) is 14.4. The first kappa shape index (κ1) is 16.5. The monoisotopic (exact) mass is 329 g/mol. The summed E-state index contributed by atoms with van der Waals surface area (Å²) < 4.78 is 5.36. The first-order chi connectivity index (χ1) is 11.3. The van der Waals surface area contributed by atoms with Crippen LogP contribution in [0, 0.1) is 0 Å². The molecule has 2 heterocycles. The Morgan fingerprint density at radius 3 is 2.75 bits per heavy atom. The Balaban J connectivity index is 1.75. The number of carbonyl (C=O) groups is 2. The number of hydrogen-bond donors (Lipinski definition) is 0. The highest BCUT2D eigenvalue weighted by Crippen LogP contribution is 2.27. The number of piperazine rings is 1. The molecule has 0 unspecified atom stereocenters. The summed E-state index contributed by atoms with van der Waals surface area (Å²) in [6.45, 7) is 7.20. The predicted molar refractivity (Wildman–Crippen MR) is 92.8 cm³/mol. The van der Waals surface area contributed by atoms with Gasteiger partial charge in [0.25, 0.3) is 0 Å². The second-order valence-electron chi connectivity index (χ2n) is 7.08. The number of ether oxygens (including phenoxy) is 1. The van der Waals surface area contributed by atoms with E-state index < -0.39 is 11.7 Å². The van der Waals surface area contributed by atoms with E-state index in [1.807, 2.05) is 45.2 Å². The second-order valence-corrected chi connectivity index (χ2v) is 7.08. The molecule has 24 heavy (non-hydrogen) atoms. The summed E-state index contributed by atoms with van der Waals surface area (Å²) in [7, 11) is 0. The molecule has 1 aromatic carbocycles. The zero-order chi connectivity index (χ0) is 17.3. The Hall–Kier alpha value is -2.37. The molecule has 1 aromatic rings. The van der Waals surface area contributed by atoms with Crippen molar-refractivity contribution in [2.24, 2.45) is 4.99 Å². The van der Waals surface area contributed by atoms with Crippen molar-refractivity contribution < 1.29 is 14.3 Å². The summed E-state index contributed by atoms with van der Waals surface area (Å²) in [5, 5.41) is 0. The fraction of sp³-hybridized carbons (Fsp3) is 0.500. The lowest BCUT2D eigenvalue weighted by molar-refractivity contribution is -0.121. The maximum atomic E-state index is 12.6. The highest BCUT2D eigenvalue weighted by Gasteiger charge is 2.32. The summed E-state index contributed by atoms with van der Waals surface area (Å²) in [4.78, 5) is 32.3. The Morgan fingerprint density at radius 1 is 1.25 bits per heavy atom. The van der Waals surface area contributed by atoms with Gasteiger partial charge in [-0.1, -0.05) is 12.1 Å². The van der Waals surface area contributed by atoms with Crippen LogP contribution in [0.1, 0.15) is 31.9 Å². The van der Waals surface area contributed by atoms with Crippen LogP contribution >= 0.6 is 0 Å². The third-order valence-electron chi connectivity index (χ3n) is 4.07. The van der Waals surface area contributed by atoms with E-state index in [2.05, 4.69) is 4.99 Å². The molecule has 0 radical (unpaired) electrons. The van der Waals surface area contributed by atoms with Crippen molar-refractivity contribution in [3.05, 3.63) is 29.3 Å². The molecule has 1 saturated heterocycles. The fourth-order valence-electron chi connectivity index (χ4n) is 2.99. The van der Waals surface area contributed by atoms with Gasteiger partial charge in [-0.2, -0.15) is 0 Å². The van der Waals surface area contributed by atoms with Gasteiger partial charge in [-0.25, -0.2) is 4.79 Å². The number of anilines is 1. The number of fused-ring (bicyclic) bond motifs is 1. The largest absolute Gasteiger partial charge is 0.444 e. The molecular weight excluding hydrogens is 306 g/mol. The number of benzene rings is 1. The Kier molecular flexibility index (Phi) is 4.30. The van der Waals surface area contributed by atoms with Crippen molar-refractivity contribution in [2.45, 2.75) is 32.8 Å². The van der Waals surface area contributed by atoms with Crippen molar-refractivity contribution >= 4 is 23.9 Å². The molecular formula is C18H23N3O3. The van der Waals surface area contributed by atoms with Crippen LogP contribution in [0.4, 0.5) is 10.5 Å². The summed E-state index contributed by atoms with van der Waals surface area (Å²) >= 11 is 0. The minimum atomic E-state index is -0.560. The van der Waals surface area contributed by atoms with Crippen LogP contribution in [0.5, 0.6) is 0 Å². The smallest absolute Gasteiger partial charge is 0.410 e. The van der Waals surface area contributed by atoms with Crippen molar-refractivity contribution in [2.75, 3.05) is 31.1 Å². The van der Waals surface area contributed by atoms with Gasteiger partial charge in [0.1, 0.15) is 12.1 Å². The van der Waals surface area contributed by atoms with E-state index in [1.54, 1.807) is 4.90 Å². The summed E-state index contributed by atoms with van der Waals surface area (Å²) in [5.74, 6) is -0.0805. The molecule has 1 fully saturated rings. The van der Waals surface area contributed by atoms with Crippen LogP contribution in [-0.2, 0) is 16.0 Å². The van der Waals surface area contributed by atoms with Crippen molar-refractivity contribution in [3.8, 4) is 0 Å². The van der Waals surface area contributed by atoms with Gasteiger partial charge in [-0.05, 0) is 44.4 Å². The third kappa shape index (κ3) is 3.42. The minimum absolute atomic E-state index is 0.0483. The summed E-state index contributed by atoms with van der Waals surface area (Å²) in [6, 6.07) is 5.93. The van der Waals surface area contributed by atoms with Crippen LogP contribution in [0.15, 0.2) is 23.2 Å². The lowest BCUT2D eigenvalue weighted by atomic mass is 9.99. The van der Waals surface area contributed by atoms with Crippen molar-refractivity contribution in [1.82, 2.24) is 4.90 Å². The number of hydrogen-bond acceptors (Lipinski definition) is 4. The maximum absolute atomic E-state index is 12.6. The highest BCUT2D eigenvalue weighted by atomic mass is 16.6. The van der Waals surface area contributed by atoms with Gasteiger partial charge in [0.2, 0.25) is 5.91 Å². The van der Waals surface area contributed by atoms with Gasteiger partial charge in [0.15, 0.2) is 0 Å². The van der Waals surface area contributed by atoms with Gasteiger partial charge in [-0.15, -0.1) is 0 Å². The summed E-state index contributed by atoms with van der Waals surface area (Å²) in [6.07, 6.45) is 2.27. The molecule has 0 saturated carbocycles. The van der Waals surface area contributed by atoms with Gasteiger partial charge < -0.3 is 9.64 Å². The topological polar surface area (TPSA) is 62.2 Å². The van der Waals surface area contributed by atoms with Gasteiger partial charge in [0, 0.05) is 31.5 Å². The highest BCUT2D eigenvalue weighted by molar-refractivity contribution is 5.99. The number of nitrogens with zero attached hydrogens (tertiary/aromatic N) is 3. The molecule has 6 nitrogen and oxygen atoms in total. The van der Waals surface area contributed by atoms with E-state index in [0.29, 0.717) is 13.1 Å². The molecule has 3 rings (SSSR count). The van der Waals surface area contributed by atoms with E-state index in [-0.39, 0.29) is 12.5 Å². The standard InChI is InChI=1S/C18H23N3O3/c1-18(2,3)24-17(23)20-9-10-21(16(22)12-20)15-6-4-5-13-11-19-8-7-14(13)15/h4-6,11H,7-10,12H2,1-3H3. The average Bonchev–Trinajstić information content (AvgIpc) is 2.53. The van der Waals surface area contributed by atoms with E-state index in [0.717, 1.165) is 29.8 Å². The first-order valence-electron chi connectivity index (χ1n) is 8.25. The van der Waals surface area contributed by atoms with Crippen molar-refractivity contribution in [1.29, 1.82) is 0 Å². The van der Waals surface area contributed by atoms with E-state index in [9.17, 15) is 9.59 Å². The fourth-order valence-corrected chi connectivity index (χ4v) is 2.99. The molecule has 0 aromatic heterocycles. The lowest BCUT2D eigenvalue weighted by Crippen LogP contribution is -2.53. The SMILES string of the molecule is CC(C)(C)OC(=O)N1CCN(c2cccc3c2CCN=C3)C(=O)C1. The maximum Gasteiger partial charge on any atom is 0.410 e. The van der Waals surface area contributed by atoms with Crippen LogP contribution in [-0.4, -0.2) is 54.9 Å². The molecule has 2 aliphatic rings. The number of amides is 2. The molecule has 0 spiro atoms. The Bertz CT molecular complexity index is 691. The minimum Gasteiger partial charge on any atom is -0.444 e. The number of carbonyl (C=O) groups excluding carboxylic acids is 2. The molecule has 6 heteroatoms. The number of rotatable bonds is 1. The second kappa shape index (κ2) is 6.26. The normalized spacial score (nSPS) is 17.7. The molecule has 0 N–H and O–H groups in total. The van der Waals surface area contributed by atoms with Gasteiger partial charge in [-0.3, -0.25) is 14.7 Å². The first-order valence-corrected chi connectivity index (χ1v) is 8.25. The molecule has 2 aliphatic heterocycles. The molecule has 0 atom stereocenters. The van der Waals surface area contributed by atoms with E-state index >= 15 is 0 Å². The average molecular weight is 329 g/mol. The predicted octanol–water partition coefficient (Wildman–Crippen LogP) is 2.25. The lowest BCUT2D eigenvalue weighted by Gasteiger charge is -2.36. The van der Waals surface area contributed by atoms with Crippen LogP contribution in [0.25, 0.3) is 0 Å². The summed E-state index contributed by atoms with van der Waals surface area (Å²) in [5.41, 5.74) is 2.61. The van der Waals surface area contributed by atoms with E-state index in [1.165, 1.54) is 4.90 Å². The van der Waals surface area contributed by atoms with Crippen LogP contribution < -0.4 is 4.90 Å². The molecule has 0 bridgehead atoms. The van der Waals surface area contributed by atoms with Gasteiger partial charge in [0.05, 0.1) is 0 Å².